The second kappa shape index (κ2) is 6.78. The van der Waals surface area contributed by atoms with E-state index in [1.807, 2.05) is 0 Å². The van der Waals surface area contributed by atoms with Gasteiger partial charge in [0.1, 0.15) is 4.99 Å². The fourth-order valence-electron chi connectivity index (χ4n) is 1.43. The maximum Gasteiger partial charge on any atom is 0.241 e. The number of amides is 1. The van der Waals surface area contributed by atoms with E-state index in [9.17, 15) is 13.2 Å². The summed E-state index contributed by atoms with van der Waals surface area (Å²) in [6, 6.07) is 5.88. The van der Waals surface area contributed by atoms with Crippen LogP contribution in [0.25, 0.3) is 0 Å². The average Bonchev–Trinajstić information content (AvgIpc) is 2.36. The fraction of sp³-hybridized carbons (Fsp3) is 0.333. The molecule has 8 heteroatoms. The maximum absolute atomic E-state index is 12.0. The van der Waals surface area contributed by atoms with Gasteiger partial charge in [-0.05, 0) is 26.0 Å². The Morgan fingerprint density at radius 3 is 2.60 bits per heavy atom. The SMILES string of the molecule is CC(C)NC(=O)CNS(=O)(=O)c1cccc(C(N)=S)c1. The molecule has 0 atom stereocenters. The van der Waals surface area contributed by atoms with Crippen molar-refractivity contribution in [3.63, 3.8) is 0 Å². The molecule has 0 aromatic heterocycles. The van der Waals surface area contributed by atoms with Crippen LogP contribution < -0.4 is 15.8 Å². The molecule has 0 radical (unpaired) electrons. The standard InChI is InChI=1S/C12H17N3O3S2/c1-8(2)15-11(16)7-14-20(17,18)10-5-3-4-9(6-10)12(13)19/h3-6,8,14H,7H2,1-2H3,(H2,13,19)(H,15,16). The van der Waals surface area contributed by atoms with E-state index < -0.39 is 15.9 Å². The number of rotatable bonds is 6. The maximum atomic E-state index is 12.0. The topological polar surface area (TPSA) is 101 Å². The lowest BCUT2D eigenvalue weighted by molar-refractivity contribution is -0.120. The first-order valence-corrected chi connectivity index (χ1v) is 7.80. The van der Waals surface area contributed by atoms with Crippen LogP contribution in [0.2, 0.25) is 0 Å². The summed E-state index contributed by atoms with van der Waals surface area (Å²) < 4.78 is 26.3. The van der Waals surface area contributed by atoms with E-state index in [0.717, 1.165) is 0 Å². The van der Waals surface area contributed by atoms with Crippen LogP contribution in [0.1, 0.15) is 19.4 Å². The van der Waals surface area contributed by atoms with E-state index in [1.165, 1.54) is 18.2 Å². The molecule has 0 heterocycles. The molecule has 110 valence electrons. The minimum absolute atomic E-state index is 0.0140. The summed E-state index contributed by atoms with van der Waals surface area (Å²) in [7, 11) is -3.77. The Hall–Kier alpha value is -1.51. The average molecular weight is 315 g/mol. The highest BCUT2D eigenvalue weighted by Gasteiger charge is 2.16. The molecule has 4 N–H and O–H groups in total. The Labute approximate surface area is 123 Å². The van der Waals surface area contributed by atoms with Crippen molar-refractivity contribution in [1.82, 2.24) is 10.0 Å². The molecule has 0 spiro atoms. The number of hydrogen-bond donors (Lipinski definition) is 3. The summed E-state index contributed by atoms with van der Waals surface area (Å²) in [5.41, 5.74) is 5.91. The molecule has 0 aliphatic carbocycles. The minimum Gasteiger partial charge on any atom is -0.389 e. The molecule has 0 saturated heterocycles. The lowest BCUT2D eigenvalue weighted by atomic mass is 10.2. The number of nitrogens with two attached hydrogens (primary N) is 1. The van der Waals surface area contributed by atoms with Crippen molar-refractivity contribution in [1.29, 1.82) is 0 Å². The van der Waals surface area contributed by atoms with Crippen molar-refractivity contribution in [2.24, 2.45) is 5.73 Å². The van der Waals surface area contributed by atoms with Crippen molar-refractivity contribution >= 4 is 33.1 Å². The van der Waals surface area contributed by atoms with E-state index >= 15 is 0 Å². The molecule has 1 aromatic rings. The summed E-state index contributed by atoms with van der Waals surface area (Å²) in [4.78, 5) is 11.6. The van der Waals surface area contributed by atoms with Crippen molar-refractivity contribution in [2.75, 3.05) is 6.54 Å². The van der Waals surface area contributed by atoms with Gasteiger partial charge >= 0.3 is 0 Å². The van der Waals surface area contributed by atoms with E-state index in [4.69, 9.17) is 18.0 Å². The molecule has 0 saturated carbocycles. The van der Waals surface area contributed by atoms with Gasteiger partial charge in [-0.15, -0.1) is 0 Å². The summed E-state index contributed by atoms with van der Waals surface area (Å²) in [6.45, 7) is 3.26. The van der Waals surface area contributed by atoms with Crippen molar-refractivity contribution in [2.45, 2.75) is 24.8 Å². The highest BCUT2D eigenvalue weighted by Crippen LogP contribution is 2.11. The molecule has 0 aliphatic rings. The molecule has 1 aromatic carbocycles. The van der Waals surface area contributed by atoms with E-state index in [2.05, 4.69) is 10.0 Å². The van der Waals surface area contributed by atoms with Crippen LogP contribution in [0.4, 0.5) is 0 Å². The molecule has 0 bridgehead atoms. The molecule has 6 nitrogen and oxygen atoms in total. The van der Waals surface area contributed by atoms with Crippen LogP contribution in [0.5, 0.6) is 0 Å². The van der Waals surface area contributed by atoms with Crippen molar-refractivity contribution in [3.05, 3.63) is 29.8 Å². The van der Waals surface area contributed by atoms with Gasteiger partial charge in [-0.2, -0.15) is 0 Å². The highest BCUT2D eigenvalue weighted by molar-refractivity contribution is 7.89. The Balaban J connectivity index is 2.81. The minimum atomic E-state index is -3.77. The number of thiocarbonyl (C=S) groups is 1. The zero-order valence-corrected chi connectivity index (χ0v) is 12.8. The van der Waals surface area contributed by atoms with E-state index in [0.29, 0.717) is 5.56 Å². The Bertz CT molecular complexity index is 612. The molecule has 1 rings (SSSR count). The van der Waals surface area contributed by atoms with Crippen LogP contribution in [-0.2, 0) is 14.8 Å². The Kier molecular flexibility index (Phi) is 5.61. The van der Waals surface area contributed by atoms with Gasteiger partial charge in [0.15, 0.2) is 0 Å². The highest BCUT2D eigenvalue weighted by atomic mass is 32.2. The van der Waals surface area contributed by atoms with Crippen LogP contribution in [-0.4, -0.2) is 31.9 Å². The lowest BCUT2D eigenvalue weighted by Gasteiger charge is -2.10. The summed E-state index contributed by atoms with van der Waals surface area (Å²) in [6.07, 6.45) is 0. The predicted molar refractivity (Wildman–Crippen MR) is 80.8 cm³/mol. The zero-order valence-electron chi connectivity index (χ0n) is 11.2. The van der Waals surface area contributed by atoms with Crippen LogP contribution in [0, 0.1) is 0 Å². The Morgan fingerprint density at radius 2 is 2.05 bits per heavy atom. The molecule has 0 unspecified atom stereocenters. The number of hydrogen-bond acceptors (Lipinski definition) is 4. The van der Waals surface area contributed by atoms with Gasteiger partial charge in [0, 0.05) is 11.6 Å². The molecular weight excluding hydrogens is 298 g/mol. The predicted octanol–water partition coefficient (Wildman–Crippen LogP) is 0.124. The van der Waals surface area contributed by atoms with Gasteiger partial charge in [0.2, 0.25) is 15.9 Å². The van der Waals surface area contributed by atoms with Gasteiger partial charge in [-0.25, -0.2) is 13.1 Å². The third-order valence-electron chi connectivity index (χ3n) is 2.30. The lowest BCUT2D eigenvalue weighted by Crippen LogP contribution is -2.39. The first kappa shape index (κ1) is 16.5. The largest absolute Gasteiger partial charge is 0.389 e. The number of sulfonamides is 1. The first-order valence-electron chi connectivity index (χ1n) is 5.91. The molecule has 0 aliphatic heterocycles. The van der Waals surface area contributed by atoms with Gasteiger partial charge in [0.25, 0.3) is 0 Å². The second-order valence-corrected chi connectivity index (χ2v) is 6.65. The van der Waals surface area contributed by atoms with Gasteiger partial charge in [-0.3, -0.25) is 4.79 Å². The summed E-state index contributed by atoms with van der Waals surface area (Å²) in [5.74, 6) is -0.394. The number of carbonyl (C=O) groups excluding carboxylic acids is 1. The monoisotopic (exact) mass is 315 g/mol. The fourth-order valence-corrected chi connectivity index (χ4v) is 2.59. The van der Waals surface area contributed by atoms with E-state index in [-0.39, 0.29) is 22.5 Å². The number of nitrogens with one attached hydrogen (secondary N) is 2. The van der Waals surface area contributed by atoms with Crippen LogP contribution in [0.3, 0.4) is 0 Å². The van der Waals surface area contributed by atoms with E-state index in [1.54, 1.807) is 19.9 Å². The smallest absolute Gasteiger partial charge is 0.241 e. The summed E-state index contributed by atoms with van der Waals surface area (Å²) >= 11 is 4.80. The Morgan fingerprint density at radius 1 is 1.40 bits per heavy atom. The van der Waals surface area contributed by atoms with Gasteiger partial charge < -0.3 is 11.1 Å². The first-order chi connectivity index (χ1) is 9.22. The molecule has 1 amide bonds. The molecular formula is C12H17N3O3S2. The third-order valence-corrected chi connectivity index (χ3v) is 3.94. The normalized spacial score (nSPS) is 11.3. The zero-order chi connectivity index (χ0) is 15.3. The van der Waals surface area contributed by atoms with Gasteiger partial charge in [0.05, 0.1) is 11.4 Å². The number of benzene rings is 1. The molecule has 20 heavy (non-hydrogen) atoms. The third kappa shape index (κ3) is 4.87. The molecule has 0 fully saturated rings. The number of carbonyl (C=O) groups is 1. The van der Waals surface area contributed by atoms with Crippen LogP contribution >= 0.6 is 12.2 Å². The van der Waals surface area contributed by atoms with Gasteiger partial charge in [-0.1, -0.05) is 24.4 Å². The second-order valence-electron chi connectivity index (χ2n) is 4.44. The van der Waals surface area contributed by atoms with Crippen LogP contribution in [0.15, 0.2) is 29.2 Å². The van der Waals surface area contributed by atoms with Crippen molar-refractivity contribution in [3.8, 4) is 0 Å². The summed E-state index contributed by atoms with van der Waals surface area (Å²) in [5, 5.41) is 2.59. The quantitative estimate of drug-likeness (QED) is 0.648. The van der Waals surface area contributed by atoms with Crippen molar-refractivity contribution < 1.29 is 13.2 Å².